The van der Waals surface area contributed by atoms with E-state index in [0.29, 0.717) is 6.54 Å². The van der Waals surface area contributed by atoms with Gasteiger partial charge in [0.25, 0.3) is 5.56 Å². The maximum Gasteiger partial charge on any atom is 0.295 e. The summed E-state index contributed by atoms with van der Waals surface area (Å²) in [5.74, 6) is 0. The highest BCUT2D eigenvalue weighted by molar-refractivity contribution is 9.10. The van der Waals surface area contributed by atoms with Gasteiger partial charge in [0.1, 0.15) is 5.69 Å². The third kappa shape index (κ3) is 2.49. The van der Waals surface area contributed by atoms with Crippen molar-refractivity contribution in [1.82, 2.24) is 9.55 Å². The summed E-state index contributed by atoms with van der Waals surface area (Å²) in [6, 6.07) is 7.93. The Hall–Kier alpha value is -1.62. The Morgan fingerprint density at radius 2 is 2.00 bits per heavy atom. The number of nitrogen functional groups attached to an aromatic ring is 1. The van der Waals surface area contributed by atoms with Crippen LogP contribution in [0.15, 0.2) is 46.1 Å². The van der Waals surface area contributed by atoms with Crippen molar-refractivity contribution in [3.63, 3.8) is 0 Å². The molecular formula is C11H10BrN3O. The first-order valence-electron chi connectivity index (χ1n) is 4.71. The molecule has 0 unspecified atom stereocenters. The smallest absolute Gasteiger partial charge is 0.295 e. The van der Waals surface area contributed by atoms with Gasteiger partial charge in [0.05, 0.1) is 6.33 Å². The van der Waals surface area contributed by atoms with E-state index in [4.69, 9.17) is 5.73 Å². The van der Waals surface area contributed by atoms with Crippen LogP contribution in [0, 0.1) is 0 Å². The van der Waals surface area contributed by atoms with Crippen molar-refractivity contribution >= 4 is 21.6 Å². The second kappa shape index (κ2) is 4.49. The average Bonchev–Trinajstić information content (AvgIpc) is 2.27. The van der Waals surface area contributed by atoms with Gasteiger partial charge in [-0.05, 0) is 17.7 Å². The van der Waals surface area contributed by atoms with Gasteiger partial charge in [-0.15, -0.1) is 0 Å². The lowest BCUT2D eigenvalue weighted by Gasteiger charge is -2.06. The Morgan fingerprint density at radius 3 is 2.62 bits per heavy atom. The second-order valence-electron chi connectivity index (χ2n) is 3.43. The largest absolute Gasteiger partial charge is 0.393 e. The summed E-state index contributed by atoms with van der Waals surface area (Å²) in [6.45, 7) is 0.644. The van der Waals surface area contributed by atoms with Crippen molar-refractivity contribution in [1.29, 1.82) is 0 Å². The van der Waals surface area contributed by atoms with Crippen molar-refractivity contribution in [3.05, 3.63) is 57.2 Å². The lowest BCUT2D eigenvalue weighted by molar-refractivity contribution is 0.763. The van der Waals surface area contributed by atoms with Crippen LogP contribution in [0.3, 0.4) is 0 Å². The quantitative estimate of drug-likeness (QED) is 0.909. The predicted molar refractivity (Wildman–Crippen MR) is 66.2 cm³/mol. The summed E-state index contributed by atoms with van der Waals surface area (Å²) in [5.41, 5.74) is 6.40. The Balaban J connectivity index is 2.23. The van der Waals surface area contributed by atoms with E-state index in [1.807, 2.05) is 24.3 Å². The van der Waals surface area contributed by atoms with Gasteiger partial charge in [0, 0.05) is 17.2 Å². The fourth-order valence-corrected chi connectivity index (χ4v) is 1.62. The first kappa shape index (κ1) is 10.9. The Labute approximate surface area is 101 Å². The van der Waals surface area contributed by atoms with Gasteiger partial charge in [-0.3, -0.25) is 4.79 Å². The molecule has 0 bridgehead atoms. The number of halogens is 1. The summed E-state index contributed by atoms with van der Waals surface area (Å²) < 4.78 is 2.81. The van der Waals surface area contributed by atoms with Gasteiger partial charge in [-0.2, -0.15) is 4.98 Å². The normalized spacial score (nSPS) is 10.3. The number of nitrogens with zero attached hydrogens (tertiary/aromatic N) is 2. The molecule has 0 radical (unpaired) electrons. The second-order valence-corrected chi connectivity index (χ2v) is 4.35. The molecule has 2 rings (SSSR count). The van der Waals surface area contributed by atoms with E-state index in [1.54, 1.807) is 10.8 Å². The number of hydrogen-bond donors (Lipinski definition) is 1. The molecule has 0 saturated heterocycles. The Morgan fingerprint density at radius 1 is 1.31 bits per heavy atom. The molecule has 0 amide bonds. The molecule has 0 aliphatic heterocycles. The van der Waals surface area contributed by atoms with Crippen molar-refractivity contribution in [2.24, 2.45) is 0 Å². The van der Waals surface area contributed by atoms with Gasteiger partial charge in [0.2, 0.25) is 0 Å². The van der Waals surface area contributed by atoms with Gasteiger partial charge >= 0.3 is 0 Å². The average molecular weight is 280 g/mol. The number of benzene rings is 1. The third-order valence-electron chi connectivity index (χ3n) is 2.15. The van der Waals surface area contributed by atoms with Crippen LogP contribution in [-0.4, -0.2) is 9.55 Å². The van der Waals surface area contributed by atoms with E-state index in [9.17, 15) is 4.79 Å². The molecule has 2 aromatic rings. The number of nitrogens with two attached hydrogens (primary N) is 1. The van der Waals surface area contributed by atoms with Gasteiger partial charge < -0.3 is 10.3 Å². The van der Waals surface area contributed by atoms with Gasteiger partial charge in [-0.1, -0.05) is 28.1 Å². The molecule has 0 aliphatic rings. The first-order valence-corrected chi connectivity index (χ1v) is 5.50. The predicted octanol–water partition coefficient (Wildman–Crippen LogP) is 1.64. The van der Waals surface area contributed by atoms with Crippen LogP contribution in [-0.2, 0) is 6.54 Å². The minimum absolute atomic E-state index is 0.166. The minimum atomic E-state index is -0.382. The van der Waals surface area contributed by atoms with Crippen LogP contribution in [0.25, 0.3) is 0 Å². The molecule has 82 valence electrons. The highest BCUT2D eigenvalue weighted by Gasteiger charge is 1.98. The maximum absolute atomic E-state index is 11.0. The van der Waals surface area contributed by atoms with E-state index < -0.39 is 0 Å². The summed E-state index contributed by atoms with van der Waals surface area (Å²) >= 11 is 3.37. The van der Waals surface area contributed by atoms with E-state index in [0.717, 1.165) is 10.0 Å². The molecule has 0 spiro atoms. The zero-order chi connectivity index (χ0) is 11.5. The zero-order valence-corrected chi connectivity index (χ0v) is 10.0. The molecule has 0 aliphatic carbocycles. The summed E-state index contributed by atoms with van der Waals surface area (Å²) in [7, 11) is 0. The molecule has 1 heterocycles. The Bertz CT molecular complexity index is 548. The van der Waals surface area contributed by atoms with Crippen LogP contribution in [0.4, 0.5) is 5.69 Å². The topological polar surface area (TPSA) is 60.9 Å². The SMILES string of the molecule is Nc1cn(Cc2ccc(Br)cc2)cnc1=O. The Kier molecular flexibility index (Phi) is 3.05. The van der Waals surface area contributed by atoms with Crippen LogP contribution in [0.1, 0.15) is 5.56 Å². The van der Waals surface area contributed by atoms with Crippen molar-refractivity contribution in [2.45, 2.75) is 6.54 Å². The first-order chi connectivity index (χ1) is 7.65. The summed E-state index contributed by atoms with van der Waals surface area (Å²) in [5, 5.41) is 0. The molecule has 2 N–H and O–H groups in total. The third-order valence-corrected chi connectivity index (χ3v) is 2.68. The fraction of sp³-hybridized carbons (Fsp3) is 0.0909. The van der Waals surface area contributed by atoms with Crippen molar-refractivity contribution < 1.29 is 0 Å². The summed E-state index contributed by atoms with van der Waals surface area (Å²) in [6.07, 6.45) is 3.08. The monoisotopic (exact) mass is 279 g/mol. The molecular weight excluding hydrogens is 270 g/mol. The van der Waals surface area contributed by atoms with E-state index in [1.165, 1.54) is 6.33 Å². The molecule has 4 nitrogen and oxygen atoms in total. The van der Waals surface area contributed by atoms with Crippen LogP contribution in [0.5, 0.6) is 0 Å². The lowest BCUT2D eigenvalue weighted by Crippen LogP contribution is -2.15. The highest BCUT2D eigenvalue weighted by atomic mass is 79.9. The van der Waals surface area contributed by atoms with E-state index >= 15 is 0 Å². The van der Waals surface area contributed by atoms with E-state index in [-0.39, 0.29) is 11.2 Å². The number of hydrogen-bond acceptors (Lipinski definition) is 3. The van der Waals surface area contributed by atoms with Crippen LogP contribution >= 0.6 is 15.9 Å². The fourth-order valence-electron chi connectivity index (χ4n) is 1.36. The highest BCUT2D eigenvalue weighted by Crippen LogP contribution is 2.11. The number of aromatic nitrogens is 2. The maximum atomic E-state index is 11.0. The molecule has 1 aromatic heterocycles. The molecule has 0 saturated carbocycles. The van der Waals surface area contributed by atoms with Crippen LogP contribution < -0.4 is 11.3 Å². The molecule has 16 heavy (non-hydrogen) atoms. The van der Waals surface area contributed by atoms with Gasteiger partial charge in [-0.25, -0.2) is 0 Å². The number of anilines is 1. The summed E-state index contributed by atoms with van der Waals surface area (Å²) in [4.78, 5) is 14.7. The van der Waals surface area contributed by atoms with Gasteiger partial charge in [0.15, 0.2) is 0 Å². The minimum Gasteiger partial charge on any atom is -0.393 e. The molecule has 1 aromatic carbocycles. The van der Waals surface area contributed by atoms with Crippen LogP contribution in [0.2, 0.25) is 0 Å². The van der Waals surface area contributed by atoms with Crippen molar-refractivity contribution in [3.8, 4) is 0 Å². The van der Waals surface area contributed by atoms with Crippen molar-refractivity contribution in [2.75, 3.05) is 5.73 Å². The number of rotatable bonds is 2. The molecule has 5 heteroatoms. The lowest BCUT2D eigenvalue weighted by atomic mass is 10.2. The van der Waals surface area contributed by atoms with E-state index in [2.05, 4.69) is 20.9 Å². The standard InChI is InChI=1S/C11H10BrN3O/c12-9-3-1-8(2-4-9)5-15-6-10(13)11(16)14-7-15/h1-4,6-7H,5,13H2. The zero-order valence-electron chi connectivity index (χ0n) is 8.43. The molecule has 0 atom stereocenters. The molecule has 0 fully saturated rings.